The van der Waals surface area contributed by atoms with Crippen LogP contribution in [0.25, 0.3) is 0 Å². The van der Waals surface area contributed by atoms with E-state index < -0.39 is 0 Å². The Morgan fingerprint density at radius 3 is 2.94 bits per heavy atom. The van der Waals surface area contributed by atoms with Crippen molar-refractivity contribution in [2.24, 2.45) is 0 Å². The molecule has 1 aliphatic rings. The quantitative estimate of drug-likeness (QED) is 0.875. The summed E-state index contributed by atoms with van der Waals surface area (Å²) in [6, 6.07) is 11.6. The molecule has 0 amide bonds. The van der Waals surface area contributed by atoms with Gasteiger partial charge < -0.3 is 9.73 Å². The van der Waals surface area contributed by atoms with Crippen LogP contribution in [0.1, 0.15) is 11.3 Å². The molecular weight excluding hydrogens is 214 g/mol. The van der Waals surface area contributed by atoms with Gasteiger partial charge in [0, 0.05) is 12.1 Å². The van der Waals surface area contributed by atoms with Crippen LogP contribution in [-0.2, 0) is 17.6 Å². The van der Waals surface area contributed by atoms with E-state index >= 15 is 0 Å². The topological polar surface area (TPSA) is 42.2 Å². The molecule has 0 fully saturated rings. The number of ketones is 1. The molecule has 17 heavy (non-hydrogen) atoms. The van der Waals surface area contributed by atoms with E-state index in [2.05, 4.69) is 11.4 Å². The zero-order chi connectivity index (χ0) is 11.7. The van der Waals surface area contributed by atoms with Crippen molar-refractivity contribution >= 4 is 11.5 Å². The van der Waals surface area contributed by atoms with Crippen LogP contribution in [0, 0.1) is 0 Å². The van der Waals surface area contributed by atoms with E-state index in [9.17, 15) is 4.79 Å². The third kappa shape index (κ3) is 1.96. The largest absolute Gasteiger partial charge is 0.469 e. The van der Waals surface area contributed by atoms with Gasteiger partial charge in [0.1, 0.15) is 5.76 Å². The molecule has 3 heteroatoms. The highest BCUT2D eigenvalue weighted by Gasteiger charge is 2.26. The van der Waals surface area contributed by atoms with Crippen molar-refractivity contribution in [2.75, 3.05) is 5.32 Å². The van der Waals surface area contributed by atoms with Gasteiger partial charge in [-0.25, -0.2) is 0 Å². The first-order valence-electron chi connectivity index (χ1n) is 5.72. The first-order valence-corrected chi connectivity index (χ1v) is 5.72. The fraction of sp³-hybridized carbons (Fsp3) is 0.214. The van der Waals surface area contributed by atoms with Gasteiger partial charge in [0.25, 0.3) is 0 Å². The molecule has 3 rings (SSSR count). The molecule has 0 radical (unpaired) electrons. The van der Waals surface area contributed by atoms with Crippen LogP contribution in [0.2, 0.25) is 0 Å². The third-order valence-electron chi connectivity index (χ3n) is 3.09. The van der Waals surface area contributed by atoms with Crippen molar-refractivity contribution in [1.29, 1.82) is 0 Å². The highest BCUT2D eigenvalue weighted by atomic mass is 16.3. The second-order valence-corrected chi connectivity index (χ2v) is 4.28. The van der Waals surface area contributed by atoms with Crippen LogP contribution in [-0.4, -0.2) is 11.8 Å². The molecule has 0 saturated carbocycles. The van der Waals surface area contributed by atoms with E-state index in [1.54, 1.807) is 12.3 Å². The maximum Gasteiger partial charge on any atom is 0.162 e. The van der Waals surface area contributed by atoms with Gasteiger partial charge in [-0.3, -0.25) is 4.79 Å². The summed E-state index contributed by atoms with van der Waals surface area (Å²) in [7, 11) is 0. The van der Waals surface area contributed by atoms with Gasteiger partial charge >= 0.3 is 0 Å². The lowest BCUT2D eigenvalue weighted by atomic mass is 10.0. The summed E-state index contributed by atoms with van der Waals surface area (Å²) < 4.78 is 5.19. The number of carbonyl (C=O) groups excluding carboxylic acids is 1. The highest BCUT2D eigenvalue weighted by Crippen LogP contribution is 2.26. The van der Waals surface area contributed by atoms with Crippen molar-refractivity contribution in [3.63, 3.8) is 0 Å². The van der Waals surface area contributed by atoms with Crippen molar-refractivity contribution in [3.8, 4) is 0 Å². The average molecular weight is 227 g/mol. The molecule has 1 N–H and O–H groups in total. The Labute approximate surface area is 99.4 Å². The Hall–Kier alpha value is -2.03. The van der Waals surface area contributed by atoms with E-state index in [0.717, 1.165) is 17.9 Å². The number of rotatable bonds is 3. The second kappa shape index (κ2) is 4.09. The van der Waals surface area contributed by atoms with Crippen LogP contribution < -0.4 is 5.32 Å². The SMILES string of the molecule is O=C(Cc1ccco1)C1Cc2ccccc2N1. The summed E-state index contributed by atoms with van der Waals surface area (Å²) in [4.78, 5) is 12.1. The fourth-order valence-corrected chi connectivity index (χ4v) is 2.20. The normalized spacial score (nSPS) is 17.5. The summed E-state index contributed by atoms with van der Waals surface area (Å²) in [5, 5.41) is 3.26. The second-order valence-electron chi connectivity index (χ2n) is 4.28. The predicted molar refractivity (Wildman–Crippen MR) is 65.0 cm³/mol. The first kappa shape index (κ1) is 10.1. The van der Waals surface area contributed by atoms with Crippen molar-refractivity contribution in [1.82, 2.24) is 0 Å². The van der Waals surface area contributed by atoms with E-state index in [0.29, 0.717) is 6.42 Å². The van der Waals surface area contributed by atoms with E-state index in [1.807, 2.05) is 24.3 Å². The molecule has 0 saturated heterocycles. The molecule has 86 valence electrons. The van der Waals surface area contributed by atoms with Gasteiger partial charge in [-0.05, 0) is 23.8 Å². The fourth-order valence-electron chi connectivity index (χ4n) is 2.20. The van der Waals surface area contributed by atoms with Gasteiger partial charge in [-0.1, -0.05) is 18.2 Å². The number of carbonyl (C=O) groups is 1. The molecule has 1 aromatic carbocycles. The molecule has 0 aliphatic carbocycles. The number of nitrogens with one attached hydrogen (secondary N) is 1. The molecule has 0 spiro atoms. The van der Waals surface area contributed by atoms with Gasteiger partial charge in [0.15, 0.2) is 5.78 Å². The molecule has 0 bridgehead atoms. The van der Waals surface area contributed by atoms with Crippen molar-refractivity contribution in [3.05, 3.63) is 54.0 Å². The lowest BCUT2D eigenvalue weighted by Crippen LogP contribution is -2.28. The molecule has 2 heterocycles. The summed E-state index contributed by atoms with van der Waals surface area (Å²) >= 11 is 0. The summed E-state index contributed by atoms with van der Waals surface area (Å²) in [6.07, 6.45) is 2.73. The van der Waals surface area contributed by atoms with Gasteiger partial charge in [0.2, 0.25) is 0 Å². The van der Waals surface area contributed by atoms with E-state index in [-0.39, 0.29) is 11.8 Å². The number of Topliss-reactive ketones (excluding diaryl/α,β-unsaturated/α-hetero) is 1. The van der Waals surface area contributed by atoms with Gasteiger partial charge in [0.05, 0.1) is 18.7 Å². The molecule has 2 aromatic rings. The monoisotopic (exact) mass is 227 g/mol. The number of anilines is 1. The maximum absolute atomic E-state index is 12.1. The van der Waals surface area contributed by atoms with E-state index in [1.165, 1.54) is 5.56 Å². The maximum atomic E-state index is 12.1. The Bertz CT molecular complexity index is 506. The first-order chi connectivity index (χ1) is 8.33. The molecule has 1 unspecified atom stereocenters. The van der Waals surface area contributed by atoms with Crippen LogP contribution in [0.5, 0.6) is 0 Å². The number of hydrogen-bond acceptors (Lipinski definition) is 3. The Balaban J connectivity index is 1.70. The minimum atomic E-state index is -0.113. The zero-order valence-corrected chi connectivity index (χ0v) is 9.35. The van der Waals surface area contributed by atoms with Gasteiger partial charge in [-0.2, -0.15) is 0 Å². The number of furan rings is 1. The molecular formula is C14H13NO2. The van der Waals surface area contributed by atoms with Crippen LogP contribution >= 0.6 is 0 Å². The summed E-state index contributed by atoms with van der Waals surface area (Å²) in [5.41, 5.74) is 2.29. The highest BCUT2D eigenvalue weighted by molar-refractivity contribution is 5.90. The van der Waals surface area contributed by atoms with E-state index in [4.69, 9.17) is 4.42 Å². The number of para-hydroxylation sites is 1. The molecule has 1 aromatic heterocycles. The average Bonchev–Trinajstić information content (AvgIpc) is 2.96. The lowest BCUT2D eigenvalue weighted by Gasteiger charge is -2.08. The standard InChI is InChI=1S/C14H13NO2/c16-14(9-11-5-3-7-17-11)13-8-10-4-1-2-6-12(10)15-13/h1-7,13,15H,8-9H2. The molecule has 1 aliphatic heterocycles. The minimum absolute atomic E-state index is 0.113. The Kier molecular flexibility index (Phi) is 2.44. The molecule has 3 nitrogen and oxygen atoms in total. The smallest absolute Gasteiger partial charge is 0.162 e. The van der Waals surface area contributed by atoms with Crippen molar-refractivity contribution < 1.29 is 9.21 Å². The summed E-state index contributed by atoms with van der Waals surface area (Å²) in [6.45, 7) is 0. The number of benzene rings is 1. The van der Waals surface area contributed by atoms with Crippen LogP contribution in [0.3, 0.4) is 0 Å². The van der Waals surface area contributed by atoms with Gasteiger partial charge in [-0.15, -0.1) is 0 Å². The zero-order valence-electron chi connectivity index (χ0n) is 9.35. The van der Waals surface area contributed by atoms with Crippen LogP contribution in [0.15, 0.2) is 47.1 Å². The minimum Gasteiger partial charge on any atom is -0.469 e. The third-order valence-corrected chi connectivity index (χ3v) is 3.09. The Morgan fingerprint density at radius 2 is 2.18 bits per heavy atom. The van der Waals surface area contributed by atoms with Crippen molar-refractivity contribution in [2.45, 2.75) is 18.9 Å². The number of fused-ring (bicyclic) bond motifs is 1. The predicted octanol–water partition coefficient (Wildman–Crippen LogP) is 2.43. The molecule has 1 atom stereocenters. The lowest BCUT2D eigenvalue weighted by molar-refractivity contribution is -0.119. The number of hydrogen-bond donors (Lipinski definition) is 1. The van der Waals surface area contributed by atoms with Crippen LogP contribution in [0.4, 0.5) is 5.69 Å². The summed E-state index contributed by atoms with van der Waals surface area (Å²) in [5.74, 6) is 0.906. The Morgan fingerprint density at radius 1 is 1.29 bits per heavy atom.